The maximum atomic E-state index is 12.7. The summed E-state index contributed by atoms with van der Waals surface area (Å²) >= 11 is 0. The van der Waals surface area contributed by atoms with Crippen molar-refractivity contribution in [3.63, 3.8) is 0 Å². The molecule has 4 aliphatic rings. The van der Waals surface area contributed by atoms with Gasteiger partial charge in [0.05, 0.1) is 12.6 Å². The van der Waals surface area contributed by atoms with Gasteiger partial charge in [-0.25, -0.2) is 0 Å². The highest BCUT2D eigenvalue weighted by Gasteiger charge is 2.66. The van der Waals surface area contributed by atoms with Crippen LogP contribution in [0.4, 0.5) is 13.2 Å². The molecule has 5 nitrogen and oxygen atoms in total. The van der Waals surface area contributed by atoms with E-state index in [4.69, 9.17) is 4.74 Å². The fourth-order valence-electron chi connectivity index (χ4n) is 5.99. The predicted molar refractivity (Wildman–Crippen MR) is 102 cm³/mol. The van der Waals surface area contributed by atoms with Gasteiger partial charge in [0.1, 0.15) is 0 Å². The van der Waals surface area contributed by atoms with Gasteiger partial charge in [-0.05, 0) is 38.1 Å². The summed E-state index contributed by atoms with van der Waals surface area (Å²) in [6, 6.07) is 0.434. The summed E-state index contributed by atoms with van der Waals surface area (Å²) < 4.78 is 44.2. The van der Waals surface area contributed by atoms with Crippen LogP contribution in [0.1, 0.15) is 39.0 Å². The summed E-state index contributed by atoms with van der Waals surface area (Å²) in [6.45, 7) is 4.41. The monoisotopic (exact) mass is 402 g/mol. The molecule has 2 aliphatic heterocycles. The molecule has 4 rings (SSSR count). The van der Waals surface area contributed by atoms with Gasteiger partial charge in [-0.1, -0.05) is 13.3 Å². The maximum absolute atomic E-state index is 12.7. The Labute approximate surface area is 165 Å². The zero-order chi connectivity index (χ0) is 19.9. The molecule has 2 heterocycles. The molecule has 28 heavy (non-hydrogen) atoms. The van der Waals surface area contributed by atoms with E-state index in [0.717, 1.165) is 38.5 Å². The lowest BCUT2D eigenvalue weighted by atomic mass is 9.46. The number of alkyl halides is 3. The standard InChI is InChI=1S/C20H33F3N4O/c1-3-26(13-20(21,22)23)11-14-5-9-27(12-14)18(24-2)25-16-15-6-10-28-17(15)19(16)7-4-8-19/h14-17H,3-13H2,1-2H3,(H,24,25). The van der Waals surface area contributed by atoms with Gasteiger partial charge in [0, 0.05) is 50.7 Å². The minimum Gasteiger partial charge on any atom is -0.377 e. The zero-order valence-electron chi connectivity index (χ0n) is 17.0. The number of ether oxygens (including phenoxy) is 1. The molecule has 160 valence electrons. The van der Waals surface area contributed by atoms with E-state index in [1.165, 1.54) is 24.2 Å². The summed E-state index contributed by atoms with van der Waals surface area (Å²) in [4.78, 5) is 8.27. The third-order valence-electron chi connectivity index (χ3n) is 7.48. The largest absolute Gasteiger partial charge is 0.401 e. The number of hydrogen-bond acceptors (Lipinski definition) is 3. The normalized spacial score (nSPS) is 34.5. The molecular formula is C20H33F3N4O. The van der Waals surface area contributed by atoms with Crippen LogP contribution in [0.15, 0.2) is 4.99 Å². The molecule has 0 aromatic rings. The second kappa shape index (κ2) is 7.67. The third kappa shape index (κ3) is 3.62. The van der Waals surface area contributed by atoms with Gasteiger partial charge >= 0.3 is 6.18 Å². The van der Waals surface area contributed by atoms with Gasteiger partial charge in [0.15, 0.2) is 5.96 Å². The Bertz CT molecular complexity index is 592. The molecule has 0 aromatic carbocycles. The summed E-state index contributed by atoms with van der Waals surface area (Å²) in [5.74, 6) is 1.75. The molecule has 4 atom stereocenters. The fourth-order valence-corrected chi connectivity index (χ4v) is 5.99. The van der Waals surface area contributed by atoms with Crippen LogP contribution in [0.2, 0.25) is 0 Å². The number of rotatable bonds is 5. The predicted octanol–water partition coefficient (Wildman–Crippen LogP) is 2.73. The zero-order valence-corrected chi connectivity index (χ0v) is 17.0. The number of nitrogens with one attached hydrogen (secondary N) is 1. The van der Waals surface area contributed by atoms with Gasteiger partial charge in [0.25, 0.3) is 0 Å². The van der Waals surface area contributed by atoms with Crippen molar-refractivity contribution in [3.05, 3.63) is 0 Å². The molecule has 2 aliphatic carbocycles. The number of fused-ring (bicyclic) bond motifs is 2. The van der Waals surface area contributed by atoms with Crippen molar-refractivity contribution in [1.29, 1.82) is 0 Å². The van der Waals surface area contributed by atoms with E-state index in [1.807, 2.05) is 7.05 Å². The van der Waals surface area contributed by atoms with E-state index in [-0.39, 0.29) is 5.92 Å². The molecule has 0 bridgehead atoms. The molecule has 4 unspecified atom stereocenters. The van der Waals surface area contributed by atoms with Gasteiger partial charge in [-0.15, -0.1) is 0 Å². The first-order valence-electron chi connectivity index (χ1n) is 10.8. The Hall–Kier alpha value is -1.02. The summed E-state index contributed by atoms with van der Waals surface area (Å²) in [5, 5.41) is 3.74. The fraction of sp³-hybridized carbons (Fsp3) is 0.950. The van der Waals surface area contributed by atoms with Crippen LogP contribution in [-0.2, 0) is 4.74 Å². The van der Waals surface area contributed by atoms with Crippen LogP contribution in [0, 0.1) is 17.3 Å². The lowest BCUT2D eigenvalue weighted by Crippen LogP contribution is -2.72. The summed E-state index contributed by atoms with van der Waals surface area (Å²) in [7, 11) is 1.81. The van der Waals surface area contributed by atoms with Crippen molar-refractivity contribution in [2.45, 2.75) is 57.3 Å². The second-order valence-electron chi connectivity index (χ2n) is 9.04. The number of nitrogens with zero attached hydrogens (tertiary/aromatic N) is 3. The van der Waals surface area contributed by atoms with Crippen molar-refractivity contribution in [1.82, 2.24) is 15.1 Å². The van der Waals surface area contributed by atoms with Gasteiger partial charge in [-0.2, -0.15) is 13.2 Å². The first-order valence-corrected chi connectivity index (χ1v) is 10.8. The van der Waals surface area contributed by atoms with Crippen molar-refractivity contribution in [2.24, 2.45) is 22.2 Å². The molecular weight excluding hydrogens is 369 g/mol. The molecule has 2 saturated heterocycles. The average Bonchev–Trinajstić information content (AvgIpc) is 3.21. The maximum Gasteiger partial charge on any atom is 0.401 e. The van der Waals surface area contributed by atoms with Crippen molar-refractivity contribution < 1.29 is 17.9 Å². The van der Waals surface area contributed by atoms with E-state index in [2.05, 4.69) is 15.2 Å². The summed E-state index contributed by atoms with van der Waals surface area (Å²) in [6.07, 6.45) is 2.06. The van der Waals surface area contributed by atoms with Crippen LogP contribution in [0.5, 0.6) is 0 Å². The highest BCUT2D eigenvalue weighted by Crippen LogP contribution is 2.62. The van der Waals surface area contributed by atoms with Crippen LogP contribution in [0.3, 0.4) is 0 Å². The van der Waals surface area contributed by atoms with Crippen molar-refractivity contribution in [3.8, 4) is 0 Å². The number of aliphatic imine (C=N–C) groups is 1. The minimum atomic E-state index is -4.13. The first-order chi connectivity index (χ1) is 13.4. The number of halogens is 3. The molecule has 1 N–H and O–H groups in total. The van der Waals surface area contributed by atoms with Crippen LogP contribution in [0.25, 0.3) is 0 Å². The van der Waals surface area contributed by atoms with Crippen molar-refractivity contribution >= 4 is 5.96 Å². The molecule has 0 radical (unpaired) electrons. The summed E-state index contributed by atoms with van der Waals surface area (Å²) in [5.41, 5.74) is 0.294. The van der Waals surface area contributed by atoms with E-state index in [0.29, 0.717) is 36.6 Å². The lowest BCUT2D eigenvalue weighted by Gasteiger charge is -2.63. The third-order valence-corrected chi connectivity index (χ3v) is 7.48. The van der Waals surface area contributed by atoms with Crippen LogP contribution < -0.4 is 5.32 Å². The molecule has 8 heteroatoms. The van der Waals surface area contributed by atoms with E-state index >= 15 is 0 Å². The Kier molecular flexibility index (Phi) is 5.55. The molecule has 0 amide bonds. The first kappa shape index (κ1) is 20.3. The average molecular weight is 403 g/mol. The molecule has 0 aromatic heterocycles. The van der Waals surface area contributed by atoms with Gasteiger partial charge in [0.2, 0.25) is 0 Å². The molecule has 1 spiro atoms. The topological polar surface area (TPSA) is 40.1 Å². The van der Waals surface area contributed by atoms with Crippen LogP contribution >= 0.6 is 0 Å². The Morgan fingerprint density at radius 1 is 1.32 bits per heavy atom. The highest BCUT2D eigenvalue weighted by molar-refractivity contribution is 5.81. The minimum absolute atomic E-state index is 0.252. The Morgan fingerprint density at radius 3 is 2.71 bits per heavy atom. The van der Waals surface area contributed by atoms with E-state index in [1.54, 1.807) is 6.92 Å². The lowest BCUT2D eigenvalue weighted by molar-refractivity contribution is -0.171. The van der Waals surface area contributed by atoms with Crippen LogP contribution in [-0.4, -0.2) is 80.5 Å². The molecule has 2 saturated carbocycles. The highest BCUT2D eigenvalue weighted by atomic mass is 19.4. The van der Waals surface area contributed by atoms with E-state index in [9.17, 15) is 13.2 Å². The van der Waals surface area contributed by atoms with E-state index < -0.39 is 12.7 Å². The van der Waals surface area contributed by atoms with Gasteiger partial charge < -0.3 is 15.0 Å². The van der Waals surface area contributed by atoms with Crippen molar-refractivity contribution in [2.75, 3.05) is 46.4 Å². The Morgan fingerprint density at radius 2 is 2.11 bits per heavy atom. The van der Waals surface area contributed by atoms with Gasteiger partial charge in [-0.3, -0.25) is 9.89 Å². The smallest absolute Gasteiger partial charge is 0.377 e. The SMILES string of the molecule is CCN(CC1CCN(C(=NC)NC2C3CCOC3C23CCC3)C1)CC(F)(F)F. The second-order valence-corrected chi connectivity index (χ2v) is 9.04. The number of hydrogen-bond donors (Lipinski definition) is 1. The Balaban J connectivity index is 1.33. The number of guanidine groups is 1. The molecule has 4 fully saturated rings. The number of likely N-dealkylation sites (tertiary alicyclic amines) is 1. The quantitative estimate of drug-likeness (QED) is 0.567.